The number of aromatic nitrogens is 2. The zero-order valence-electron chi connectivity index (χ0n) is 11.9. The van der Waals surface area contributed by atoms with Gasteiger partial charge >= 0.3 is 0 Å². The second-order valence-electron chi connectivity index (χ2n) is 5.28. The largest absolute Gasteiger partial charge is 0.497 e. The average molecular weight is 289 g/mol. The molecular formula is C15H19N3OS. The molecule has 1 aliphatic rings. The maximum Gasteiger partial charge on any atom is 0.205 e. The van der Waals surface area contributed by atoms with Crippen molar-refractivity contribution in [1.29, 1.82) is 0 Å². The number of hydrogen-bond acceptors (Lipinski definition) is 5. The van der Waals surface area contributed by atoms with Crippen molar-refractivity contribution in [2.45, 2.75) is 19.8 Å². The molecule has 0 spiro atoms. The van der Waals surface area contributed by atoms with E-state index in [1.807, 2.05) is 19.1 Å². The lowest BCUT2D eigenvalue weighted by atomic mass is 9.99. The number of nitrogens with zero attached hydrogens (tertiary/aromatic N) is 3. The normalized spacial score (nSPS) is 18.5. The van der Waals surface area contributed by atoms with E-state index in [-0.39, 0.29) is 0 Å². The Hall–Kier alpha value is -1.62. The molecule has 3 rings (SSSR count). The van der Waals surface area contributed by atoms with Crippen LogP contribution in [0.2, 0.25) is 0 Å². The van der Waals surface area contributed by atoms with Crippen molar-refractivity contribution in [3.63, 3.8) is 0 Å². The number of benzene rings is 1. The molecule has 0 radical (unpaired) electrons. The third-order valence-electron chi connectivity index (χ3n) is 3.76. The summed E-state index contributed by atoms with van der Waals surface area (Å²) in [5.41, 5.74) is 1.38. The zero-order chi connectivity index (χ0) is 13.9. The minimum absolute atomic E-state index is 0.701. The lowest BCUT2D eigenvalue weighted by molar-refractivity contribution is 0.414. The molecule has 1 saturated heterocycles. The fourth-order valence-electron chi connectivity index (χ4n) is 2.68. The molecule has 2 aromatic rings. The molecule has 2 heterocycles. The summed E-state index contributed by atoms with van der Waals surface area (Å²) in [6.07, 6.45) is 2.35. The topological polar surface area (TPSA) is 38.2 Å². The molecule has 20 heavy (non-hydrogen) atoms. The van der Waals surface area contributed by atoms with E-state index in [4.69, 9.17) is 4.74 Å². The molecule has 0 saturated carbocycles. The van der Waals surface area contributed by atoms with E-state index < -0.39 is 0 Å². The van der Waals surface area contributed by atoms with Gasteiger partial charge in [0.15, 0.2) is 0 Å². The molecule has 0 aliphatic carbocycles. The quantitative estimate of drug-likeness (QED) is 0.867. The first-order valence-corrected chi connectivity index (χ1v) is 7.70. The second kappa shape index (κ2) is 5.79. The van der Waals surface area contributed by atoms with Gasteiger partial charge in [0.25, 0.3) is 0 Å². The van der Waals surface area contributed by atoms with Crippen LogP contribution in [0, 0.1) is 12.8 Å². The molecule has 4 nitrogen and oxygen atoms in total. The lowest BCUT2D eigenvalue weighted by Crippen LogP contribution is -2.19. The number of methoxy groups -OCH3 is 1. The van der Waals surface area contributed by atoms with Crippen molar-refractivity contribution in [2.24, 2.45) is 5.92 Å². The Morgan fingerprint density at radius 3 is 2.80 bits per heavy atom. The van der Waals surface area contributed by atoms with E-state index >= 15 is 0 Å². The van der Waals surface area contributed by atoms with Crippen LogP contribution >= 0.6 is 11.5 Å². The van der Waals surface area contributed by atoms with Crippen LogP contribution in [0.25, 0.3) is 0 Å². The van der Waals surface area contributed by atoms with Gasteiger partial charge in [-0.25, -0.2) is 4.98 Å². The first-order chi connectivity index (χ1) is 9.74. The van der Waals surface area contributed by atoms with E-state index in [2.05, 4.69) is 26.4 Å². The second-order valence-corrected chi connectivity index (χ2v) is 6.01. The maximum absolute atomic E-state index is 5.19. The van der Waals surface area contributed by atoms with Gasteiger partial charge in [0.1, 0.15) is 11.6 Å². The number of hydrogen-bond donors (Lipinski definition) is 0. The van der Waals surface area contributed by atoms with Crippen LogP contribution in [0.4, 0.5) is 5.13 Å². The summed E-state index contributed by atoms with van der Waals surface area (Å²) in [7, 11) is 1.70. The summed E-state index contributed by atoms with van der Waals surface area (Å²) in [5, 5.41) is 1.07. The van der Waals surface area contributed by atoms with Gasteiger partial charge in [0, 0.05) is 24.6 Å². The highest BCUT2D eigenvalue weighted by Gasteiger charge is 2.24. The van der Waals surface area contributed by atoms with E-state index in [1.54, 1.807) is 7.11 Å². The third kappa shape index (κ3) is 2.93. The Kier molecular flexibility index (Phi) is 3.87. The minimum Gasteiger partial charge on any atom is -0.497 e. The number of ether oxygens (including phenoxy) is 1. The molecule has 0 amide bonds. The highest BCUT2D eigenvalue weighted by Crippen LogP contribution is 2.27. The third-order valence-corrected chi connectivity index (χ3v) is 4.62. The predicted molar refractivity (Wildman–Crippen MR) is 81.7 cm³/mol. The van der Waals surface area contributed by atoms with Crippen LogP contribution in [-0.2, 0) is 6.42 Å². The van der Waals surface area contributed by atoms with Gasteiger partial charge in [-0.05, 0) is 43.4 Å². The van der Waals surface area contributed by atoms with Gasteiger partial charge in [0.2, 0.25) is 5.13 Å². The molecule has 1 aromatic heterocycles. The highest BCUT2D eigenvalue weighted by atomic mass is 32.1. The molecule has 1 atom stereocenters. The Morgan fingerprint density at radius 1 is 1.35 bits per heavy atom. The minimum atomic E-state index is 0.701. The average Bonchev–Trinajstić information content (AvgIpc) is 3.09. The smallest absolute Gasteiger partial charge is 0.205 e. The van der Waals surface area contributed by atoms with Crippen molar-refractivity contribution >= 4 is 16.7 Å². The van der Waals surface area contributed by atoms with Gasteiger partial charge in [-0.2, -0.15) is 4.37 Å². The summed E-state index contributed by atoms with van der Waals surface area (Å²) in [6.45, 7) is 4.13. The molecule has 1 fully saturated rings. The molecule has 1 unspecified atom stereocenters. The van der Waals surface area contributed by atoms with Crippen molar-refractivity contribution in [3.05, 3.63) is 35.7 Å². The SMILES string of the molecule is COc1ccc(CC2CCN(c3nc(C)ns3)C2)cc1. The van der Waals surface area contributed by atoms with E-state index in [0.717, 1.165) is 36.2 Å². The number of anilines is 1. The van der Waals surface area contributed by atoms with Gasteiger partial charge in [-0.15, -0.1) is 0 Å². The maximum atomic E-state index is 5.19. The molecule has 1 aliphatic heterocycles. The fourth-order valence-corrected chi connectivity index (χ4v) is 3.39. The van der Waals surface area contributed by atoms with Crippen LogP contribution in [0.5, 0.6) is 5.75 Å². The first-order valence-electron chi connectivity index (χ1n) is 6.93. The molecule has 106 valence electrons. The predicted octanol–water partition coefficient (Wildman–Crippen LogP) is 2.92. The number of rotatable bonds is 4. The summed E-state index contributed by atoms with van der Waals surface area (Å²) in [4.78, 5) is 6.83. The fraction of sp³-hybridized carbons (Fsp3) is 0.467. The van der Waals surface area contributed by atoms with Gasteiger partial charge < -0.3 is 9.64 Å². The molecule has 0 N–H and O–H groups in total. The standard InChI is InChI=1S/C15H19N3OS/c1-11-16-15(20-17-11)18-8-7-13(10-18)9-12-3-5-14(19-2)6-4-12/h3-6,13H,7-10H2,1-2H3. The van der Waals surface area contributed by atoms with Gasteiger partial charge in [-0.1, -0.05) is 12.1 Å². The van der Waals surface area contributed by atoms with E-state index in [0.29, 0.717) is 5.92 Å². The van der Waals surface area contributed by atoms with Crippen LogP contribution in [0.1, 0.15) is 17.8 Å². The zero-order valence-corrected chi connectivity index (χ0v) is 12.7. The molecular weight excluding hydrogens is 270 g/mol. The van der Waals surface area contributed by atoms with Crippen LogP contribution < -0.4 is 9.64 Å². The van der Waals surface area contributed by atoms with Crippen molar-refractivity contribution in [1.82, 2.24) is 9.36 Å². The van der Waals surface area contributed by atoms with Gasteiger partial charge in [-0.3, -0.25) is 0 Å². The van der Waals surface area contributed by atoms with Crippen LogP contribution in [-0.4, -0.2) is 29.6 Å². The molecule has 1 aromatic carbocycles. The molecule has 0 bridgehead atoms. The Bertz CT molecular complexity index is 567. The highest BCUT2D eigenvalue weighted by molar-refractivity contribution is 7.09. The van der Waals surface area contributed by atoms with Crippen molar-refractivity contribution < 1.29 is 4.74 Å². The van der Waals surface area contributed by atoms with Crippen molar-refractivity contribution in [2.75, 3.05) is 25.1 Å². The van der Waals surface area contributed by atoms with E-state index in [9.17, 15) is 0 Å². The van der Waals surface area contributed by atoms with E-state index in [1.165, 1.54) is 23.5 Å². The Balaban J connectivity index is 1.59. The summed E-state index contributed by atoms with van der Waals surface area (Å²) in [6, 6.07) is 8.40. The van der Waals surface area contributed by atoms with Crippen LogP contribution in [0.3, 0.4) is 0 Å². The van der Waals surface area contributed by atoms with Crippen LogP contribution in [0.15, 0.2) is 24.3 Å². The first kappa shape index (κ1) is 13.4. The molecule has 5 heteroatoms. The Morgan fingerprint density at radius 2 is 2.15 bits per heavy atom. The summed E-state index contributed by atoms with van der Waals surface area (Å²) >= 11 is 1.51. The summed E-state index contributed by atoms with van der Waals surface area (Å²) in [5.74, 6) is 2.50. The lowest BCUT2D eigenvalue weighted by Gasteiger charge is -2.14. The summed E-state index contributed by atoms with van der Waals surface area (Å²) < 4.78 is 9.46. The number of aryl methyl sites for hydroxylation is 1. The Labute approximate surface area is 123 Å². The van der Waals surface area contributed by atoms with Crippen molar-refractivity contribution in [3.8, 4) is 5.75 Å². The monoisotopic (exact) mass is 289 g/mol. The van der Waals surface area contributed by atoms with Gasteiger partial charge in [0.05, 0.1) is 7.11 Å².